The molecule has 0 saturated carbocycles. The standard InChI is InChI=1S/C41H33N2O.2C40H31N2O/c1-22-10-13-30-33(18-22)39-29-9-7-6-8-28(29)38(30)34-20-27(19-24(3)36(34)39)26-16-17-43(5)35(21-26)37-23(2)11-14-31-32-15-12-25(4)42-41(32)44-40(31)37;1-22-13-15-31-32-16-14-24(3)41-40(32)43-39(31)36(22)34-21-25(17-18-42(34)4)26-19-23(2)35-33(20-26)37-27-9-5-7-11-29(27)38(35)30-12-8-6-10-28(30)37;1-22-9-13-29-33(19-22)37-27-7-5-6-8-28(27)38(29)34-20-25(12-16-30(34)37)26-17-18-42(4)35(21-26)36-23(2)10-14-31-32-15-11-24(3)41-40(32)43-39(31)36/h6-21,38-39H,1-5H3;2*5-21,37-38H,1-4H3/q3*+1. The van der Waals surface area contributed by atoms with Gasteiger partial charge in [0.25, 0.3) is 0 Å². The lowest BCUT2D eigenvalue weighted by atomic mass is 9.60. The van der Waals surface area contributed by atoms with Crippen molar-refractivity contribution in [1.29, 1.82) is 0 Å². The van der Waals surface area contributed by atoms with E-state index < -0.39 is 0 Å². The zero-order valence-electron chi connectivity index (χ0n) is 75.2. The van der Waals surface area contributed by atoms with Gasteiger partial charge in [-0.3, -0.25) is 0 Å². The number of hydrogen-bond donors (Lipinski definition) is 0. The van der Waals surface area contributed by atoms with Gasteiger partial charge >= 0.3 is 0 Å². The number of nitrogens with zero attached hydrogens (tertiary/aromatic N) is 6. The van der Waals surface area contributed by atoms with Crippen molar-refractivity contribution in [3.63, 3.8) is 0 Å². The summed E-state index contributed by atoms with van der Waals surface area (Å²) in [5.74, 6) is 1.62. The Bertz CT molecular complexity index is 8490. The predicted octanol–water partition coefficient (Wildman–Crippen LogP) is 27.5. The Labute approximate surface area is 756 Å². The molecular weight excluding hydrogens is 1590 g/mol. The van der Waals surface area contributed by atoms with Gasteiger partial charge in [-0.1, -0.05) is 205 Å². The van der Waals surface area contributed by atoms with Crippen molar-refractivity contribution in [2.75, 3.05) is 0 Å². The van der Waals surface area contributed by atoms with Crippen LogP contribution < -0.4 is 13.7 Å². The molecule has 21 aromatic rings. The lowest BCUT2D eigenvalue weighted by molar-refractivity contribution is -0.660. The third-order valence-corrected chi connectivity index (χ3v) is 29.7. The van der Waals surface area contributed by atoms with Crippen LogP contribution >= 0.6 is 0 Å². The van der Waals surface area contributed by atoms with Crippen molar-refractivity contribution >= 4 is 66.2 Å². The summed E-state index contributed by atoms with van der Waals surface area (Å²) < 4.78 is 26.0. The summed E-state index contributed by atoms with van der Waals surface area (Å²) in [5, 5.41) is 6.48. The number of fused-ring (bicyclic) bond motifs is 9. The van der Waals surface area contributed by atoms with E-state index in [0.717, 1.165) is 99.9 Å². The smallest absolute Gasteiger partial charge is 0.227 e. The fraction of sp³-hybridized carbons (Fsp3) is 0.157. The number of pyridine rings is 6. The maximum Gasteiger partial charge on any atom is 0.227 e. The van der Waals surface area contributed by atoms with Gasteiger partial charge in [0.15, 0.2) is 35.3 Å². The molecule has 30 rings (SSSR count). The molecule has 9 nitrogen and oxygen atoms in total. The Morgan fingerprint density at radius 3 is 0.838 bits per heavy atom. The van der Waals surface area contributed by atoms with Gasteiger partial charge in [0.05, 0.1) is 16.7 Å². The molecule has 624 valence electrons. The number of aromatic nitrogens is 6. The highest BCUT2D eigenvalue weighted by molar-refractivity contribution is 6.11. The Balaban J connectivity index is 0.000000105. The minimum absolute atomic E-state index is 0.252. The van der Waals surface area contributed by atoms with Gasteiger partial charge in [-0.2, -0.15) is 0 Å². The fourth-order valence-corrected chi connectivity index (χ4v) is 23.7. The van der Waals surface area contributed by atoms with E-state index in [1.807, 2.05) is 20.8 Å². The van der Waals surface area contributed by atoms with Crippen LogP contribution in [0.15, 0.2) is 317 Å². The molecule has 0 aliphatic heterocycles. The highest BCUT2D eigenvalue weighted by atomic mass is 16.3. The zero-order valence-corrected chi connectivity index (χ0v) is 75.2. The third kappa shape index (κ3) is 11.6. The van der Waals surface area contributed by atoms with E-state index in [1.54, 1.807) is 0 Å². The summed E-state index contributed by atoms with van der Waals surface area (Å²) >= 11 is 0. The van der Waals surface area contributed by atoms with E-state index >= 15 is 0 Å². The summed E-state index contributed by atoms with van der Waals surface area (Å²) in [7, 11) is 6.35. The molecule has 0 amide bonds. The molecule has 4 atom stereocenters. The van der Waals surface area contributed by atoms with Gasteiger partial charge in [-0.25, -0.2) is 28.7 Å². The first kappa shape index (κ1) is 77.3. The van der Waals surface area contributed by atoms with Crippen molar-refractivity contribution in [2.45, 2.75) is 105 Å². The van der Waals surface area contributed by atoms with Crippen molar-refractivity contribution in [3.8, 4) is 67.2 Å². The molecule has 9 aliphatic rings. The first-order valence-electron chi connectivity index (χ1n) is 45.7. The molecular formula is C121H95N6O3+3. The van der Waals surface area contributed by atoms with Crippen LogP contribution in [0.1, 0.15) is 192 Å². The van der Waals surface area contributed by atoms with Gasteiger partial charge in [0.1, 0.15) is 21.1 Å². The van der Waals surface area contributed by atoms with E-state index in [-0.39, 0.29) is 35.5 Å². The molecule has 0 radical (unpaired) electrons. The zero-order chi connectivity index (χ0) is 87.8. The second kappa shape index (κ2) is 29.0. The Morgan fingerprint density at radius 2 is 0.485 bits per heavy atom. The molecule has 0 N–H and O–H groups in total. The molecule has 6 bridgehead atoms. The summed E-state index contributed by atoms with van der Waals surface area (Å²) in [4.78, 5) is 14.1. The molecule has 0 spiro atoms. The number of rotatable bonds is 6. The molecule has 4 unspecified atom stereocenters. The Hall–Kier alpha value is -15.1. The van der Waals surface area contributed by atoms with Crippen LogP contribution in [-0.2, 0) is 21.1 Å². The van der Waals surface area contributed by atoms with Crippen molar-refractivity contribution < 1.29 is 27.0 Å². The SMILES string of the molecule is Cc1ccc2c(c1)C1c3ccccc3C2c2cc(-c3cc[n+](C)c(-c4c(C)ccc5c4oc4nc(C)ccc45)c3)cc(C)c21.Cc1ccc2c(c1)C1c3ccccc3C2c2cc(-c3cc[n+](C)c(-c4c(C)ccc5c4oc4nc(C)ccc45)c3)ccc21.Cc1ccc2c(n1)oc1c(-c3cc(-c4cc(C)c5c(c4)C4c6ccccc6C5c5ccccc54)cc[n+]3C)c(C)ccc12. The molecule has 9 heteroatoms. The molecule has 12 aromatic carbocycles. The number of benzene rings is 12. The first-order valence-corrected chi connectivity index (χ1v) is 45.7. The minimum Gasteiger partial charge on any atom is -0.437 e. The molecule has 0 fully saturated rings. The van der Waals surface area contributed by atoms with Gasteiger partial charge < -0.3 is 13.3 Å². The third-order valence-electron chi connectivity index (χ3n) is 29.7. The Morgan fingerprint density at radius 1 is 0.215 bits per heavy atom. The maximum absolute atomic E-state index is 6.48. The summed E-state index contributed by atoms with van der Waals surface area (Å²) in [6.07, 6.45) is 6.54. The molecule has 130 heavy (non-hydrogen) atoms. The highest BCUT2D eigenvalue weighted by Gasteiger charge is 2.46. The van der Waals surface area contributed by atoms with Crippen LogP contribution in [0.2, 0.25) is 0 Å². The van der Waals surface area contributed by atoms with E-state index in [0.29, 0.717) is 17.1 Å². The summed E-state index contributed by atoms with van der Waals surface area (Å²) in [6, 6.07) is 107. The molecule has 0 saturated heterocycles. The van der Waals surface area contributed by atoms with Crippen LogP contribution in [0.5, 0.6) is 0 Å². The van der Waals surface area contributed by atoms with Crippen molar-refractivity contribution in [2.24, 2.45) is 21.1 Å². The minimum atomic E-state index is 0.252. The number of furan rings is 3. The van der Waals surface area contributed by atoms with Crippen molar-refractivity contribution in [1.82, 2.24) is 15.0 Å². The second-order valence-corrected chi connectivity index (χ2v) is 37.7. The van der Waals surface area contributed by atoms with Gasteiger partial charge in [0, 0.05) is 121 Å². The van der Waals surface area contributed by atoms with Crippen LogP contribution in [-0.4, -0.2) is 15.0 Å². The van der Waals surface area contributed by atoms with Crippen LogP contribution in [0, 0.1) is 69.2 Å². The molecule has 9 aliphatic carbocycles. The van der Waals surface area contributed by atoms with E-state index in [9.17, 15) is 0 Å². The normalized spacial score (nSPS) is 16.3. The maximum atomic E-state index is 6.48. The fourth-order valence-electron chi connectivity index (χ4n) is 23.7. The van der Waals surface area contributed by atoms with E-state index in [2.05, 4.69) is 392 Å². The lowest BCUT2D eigenvalue weighted by Crippen LogP contribution is -2.30. The van der Waals surface area contributed by atoms with E-state index in [1.165, 1.54) is 172 Å². The first-order chi connectivity index (χ1) is 63.3. The highest BCUT2D eigenvalue weighted by Crippen LogP contribution is 2.61. The van der Waals surface area contributed by atoms with Crippen LogP contribution in [0.3, 0.4) is 0 Å². The second-order valence-electron chi connectivity index (χ2n) is 37.7. The lowest BCUT2D eigenvalue weighted by Gasteiger charge is -2.43. The number of aryl methyl sites for hydroxylation is 13. The average molecular weight is 1680 g/mol. The van der Waals surface area contributed by atoms with Gasteiger partial charge in [-0.15, -0.1) is 0 Å². The predicted molar refractivity (Wildman–Crippen MR) is 522 cm³/mol. The topological polar surface area (TPSA) is 89.7 Å². The van der Waals surface area contributed by atoms with E-state index in [4.69, 9.17) is 23.2 Å². The number of hydrogen-bond acceptors (Lipinski definition) is 6. The average Bonchev–Trinajstić information content (AvgIpc) is 1.07. The Kier molecular flexibility index (Phi) is 17.2. The van der Waals surface area contributed by atoms with Gasteiger partial charge in [-0.05, 0) is 285 Å². The van der Waals surface area contributed by atoms with Crippen LogP contribution in [0.4, 0.5) is 0 Å². The van der Waals surface area contributed by atoms with Crippen LogP contribution in [0.25, 0.3) is 133 Å². The molecule has 9 aromatic heterocycles. The van der Waals surface area contributed by atoms with Crippen molar-refractivity contribution in [3.05, 3.63) is 460 Å². The summed E-state index contributed by atoms with van der Waals surface area (Å²) in [5.41, 5.74) is 57.0. The summed E-state index contributed by atoms with van der Waals surface area (Å²) in [6.45, 7) is 21.5. The monoisotopic (exact) mass is 1680 g/mol. The molecule has 9 heterocycles. The quantitative estimate of drug-likeness (QED) is 0.154. The largest absolute Gasteiger partial charge is 0.437 e. The van der Waals surface area contributed by atoms with Gasteiger partial charge in [0.2, 0.25) is 34.2 Å².